The van der Waals surface area contributed by atoms with Crippen LogP contribution in [0.3, 0.4) is 0 Å². The van der Waals surface area contributed by atoms with Crippen LogP contribution in [-0.4, -0.2) is 25.1 Å². The molecule has 0 unspecified atom stereocenters. The third-order valence-corrected chi connectivity index (χ3v) is 4.29. The van der Waals surface area contributed by atoms with E-state index < -0.39 is 0 Å². The van der Waals surface area contributed by atoms with Crippen molar-refractivity contribution < 1.29 is 14.3 Å². The van der Waals surface area contributed by atoms with E-state index in [1.807, 2.05) is 49.4 Å². The fourth-order valence-corrected chi connectivity index (χ4v) is 2.74. The zero-order valence-corrected chi connectivity index (χ0v) is 16.1. The number of rotatable bonds is 6. The second kappa shape index (κ2) is 8.86. The van der Waals surface area contributed by atoms with Gasteiger partial charge in [0.1, 0.15) is 11.5 Å². The highest BCUT2D eigenvalue weighted by Gasteiger charge is 2.06. The summed E-state index contributed by atoms with van der Waals surface area (Å²) >= 11 is 0. The van der Waals surface area contributed by atoms with Crippen LogP contribution in [-0.2, 0) is 4.79 Å². The largest absolute Gasteiger partial charge is 0.497 e. The van der Waals surface area contributed by atoms with Gasteiger partial charge in [0.05, 0.1) is 14.2 Å². The van der Waals surface area contributed by atoms with Crippen LogP contribution in [0.15, 0.2) is 67.0 Å². The molecule has 0 aliphatic rings. The van der Waals surface area contributed by atoms with Crippen LogP contribution < -0.4 is 14.8 Å². The summed E-state index contributed by atoms with van der Waals surface area (Å²) in [7, 11) is 3.18. The zero-order valence-electron chi connectivity index (χ0n) is 16.1. The van der Waals surface area contributed by atoms with Gasteiger partial charge in [-0.15, -0.1) is 0 Å². The number of hydrogen-bond donors (Lipinski definition) is 1. The number of pyridine rings is 1. The number of methoxy groups -OCH3 is 2. The summed E-state index contributed by atoms with van der Waals surface area (Å²) in [5.41, 5.74) is 4.55. The summed E-state index contributed by atoms with van der Waals surface area (Å²) < 4.78 is 10.5. The van der Waals surface area contributed by atoms with Crippen LogP contribution in [0.25, 0.3) is 17.2 Å². The molecule has 1 aromatic heterocycles. The lowest BCUT2D eigenvalue weighted by atomic mass is 10.0. The minimum Gasteiger partial charge on any atom is -0.497 e. The first-order valence-corrected chi connectivity index (χ1v) is 8.82. The minimum atomic E-state index is -0.215. The van der Waals surface area contributed by atoms with Gasteiger partial charge in [-0.2, -0.15) is 0 Å². The van der Waals surface area contributed by atoms with Gasteiger partial charge < -0.3 is 14.8 Å². The fraction of sp³-hybridized carbons (Fsp3) is 0.130. The monoisotopic (exact) mass is 374 g/mol. The smallest absolute Gasteiger partial charge is 0.248 e. The molecule has 0 bridgehead atoms. The van der Waals surface area contributed by atoms with Crippen molar-refractivity contribution in [1.29, 1.82) is 0 Å². The molecule has 3 aromatic rings. The second-order valence-corrected chi connectivity index (χ2v) is 6.24. The first kappa shape index (κ1) is 19.2. The maximum absolute atomic E-state index is 12.4. The highest BCUT2D eigenvalue weighted by molar-refractivity contribution is 6.02. The summed E-state index contributed by atoms with van der Waals surface area (Å²) in [5, 5.41) is 2.94. The molecule has 142 valence electrons. The quantitative estimate of drug-likeness (QED) is 0.634. The number of aryl methyl sites for hydroxylation is 1. The number of nitrogens with one attached hydrogen (secondary N) is 1. The lowest BCUT2D eigenvalue weighted by Crippen LogP contribution is -2.09. The first-order chi connectivity index (χ1) is 13.6. The molecule has 5 heteroatoms. The zero-order chi connectivity index (χ0) is 19.9. The SMILES string of the molecule is COc1cc(/C=C/C(=O)Nc2cc(-c3cccnc3)ccc2C)cc(OC)c1. The number of carbonyl (C=O) groups excluding carboxylic acids is 1. The number of nitrogens with zero attached hydrogens (tertiary/aromatic N) is 1. The normalized spacial score (nSPS) is 10.7. The van der Waals surface area contributed by atoms with Crippen LogP contribution >= 0.6 is 0 Å². The van der Waals surface area contributed by atoms with E-state index in [1.54, 1.807) is 38.8 Å². The molecular formula is C23H22N2O3. The number of aromatic nitrogens is 1. The molecule has 1 N–H and O–H groups in total. The van der Waals surface area contributed by atoms with Crippen LogP contribution in [0.5, 0.6) is 11.5 Å². The molecule has 0 radical (unpaired) electrons. The number of benzene rings is 2. The Morgan fingerprint density at radius 3 is 2.39 bits per heavy atom. The van der Waals surface area contributed by atoms with Crippen LogP contribution in [0, 0.1) is 6.92 Å². The van der Waals surface area contributed by atoms with Gasteiger partial charge >= 0.3 is 0 Å². The van der Waals surface area contributed by atoms with Gasteiger partial charge in [0.15, 0.2) is 0 Å². The summed E-state index contributed by atoms with van der Waals surface area (Å²) in [4.78, 5) is 16.6. The van der Waals surface area contributed by atoms with E-state index in [9.17, 15) is 4.79 Å². The number of anilines is 1. The topological polar surface area (TPSA) is 60.5 Å². The molecule has 1 amide bonds. The second-order valence-electron chi connectivity index (χ2n) is 6.24. The van der Waals surface area contributed by atoms with Crippen molar-refractivity contribution in [3.8, 4) is 22.6 Å². The summed E-state index contributed by atoms with van der Waals surface area (Å²) in [5.74, 6) is 1.12. The predicted molar refractivity (Wildman–Crippen MR) is 112 cm³/mol. The van der Waals surface area contributed by atoms with E-state index in [4.69, 9.17) is 9.47 Å². The maximum Gasteiger partial charge on any atom is 0.248 e. The number of amides is 1. The summed E-state index contributed by atoms with van der Waals surface area (Å²) in [6.45, 7) is 1.96. The molecule has 0 atom stereocenters. The fourth-order valence-electron chi connectivity index (χ4n) is 2.74. The first-order valence-electron chi connectivity index (χ1n) is 8.82. The van der Waals surface area contributed by atoms with E-state index in [2.05, 4.69) is 10.3 Å². The van der Waals surface area contributed by atoms with E-state index in [0.29, 0.717) is 11.5 Å². The Morgan fingerprint density at radius 2 is 1.75 bits per heavy atom. The van der Waals surface area contributed by atoms with Crippen molar-refractivity contribution in [2.45, 2.75) is 6.92 Å². The van der Waals surface area contributed by atoms with Crippen molar-refractivity contribution >= 4 is 17.7 Å². The summed E-state index contributed by atoms with van der Waals surface area (Å²) in [6.07, 6.45) is 6.75. The van der Waals surface area contributed by atoms with E-state index in [-0.39, 0.29) is 5.91 Å². The van der Waals surface area contributed by atoms with E-state index >= 15 is 0 Å². The average Bonchev–Trinajstić information content (AvgIpc) is 2.74. The van der Waals surface area contributed by atoms with Gasteiger partial charge in [-0.3, -0.25) is 9.78 Å². The highest BCUT2D eigenvalue weighted by atomic mass is 16.5. The average molecular weight is 374 g/mol. The predicted octanol–water partition coefficient (Wildman–Crippen LogP) is 4.73. The van der Waals surface area contributed by atoms with Crippen molar-refractivity contribution in [2.24, 2.45) is 0 Å². The highest BCUT2D eigenvalue weighted by Crippen LogP contribution is 2.25. The molecule has 5 nitrogen and oxygen atoms in total. The standard InChI is InChI=1S/C23H22N2O3/c1-16-6-8-18(19-5-4-10-24-15-19)13-22(16)25-23(26)9-7-17-11-20(27-2)14-21(12-17)28-3/h4-15H,1-3H3,(H,25,26)/b9-7+. The van der Waals surface area contributed by atoms with Crippen LogP contribution in [0.2, 0.25) is 0 Å². The Morgan fingerprint density at radius 1 is 1.00 bits per heavy atom. The summed E-state index contributed by atoms with van der Waals surface area (Å²) in [6, 6.07) is 15.3. The van der Waals surface area contributed by atoms with Gasteiger partial charge in [0, 0.05) is 35.8 Å². The maximum atomic E-state index is 12.4. The molecule has 0 spiro atoms. The molecule has 2 aromatic carbocycles. The van der Waals surface area contributed by atoms with Crippen molar-refractivity contribution in [2.75, 3.05) is 19.5 Å². The molecule has 0 saturated heterocycles. The molecule has 1 heterocycles. The van der Waals surface area contributed by atoms with Gasteiger partial charge in [0.2, 0.25) is 5.91 Å². The molecule has 3 rings (SSSR count). The Kier molecular flexibility index (Phi) is 6.07. The number of carbonyl (C=O) groups is 1. The van der Waals surface area contributed by atoms with Gasteiger partial charge in [-0.25, -0.2) is 0 Å². The number of ether oxygens (including phenoxy) is 2. The Balaban J connectivity index is 1.77. The third-order valence-electron chi connectivity index (χ3n) is 4.29. The van der Waals surface area contributed by atoms with E-state index in [1.165, 1.54) is 6.08 Å². The molecule has 28 heavy (non-hydrogen) atoms. The number of hydrogen-bond acceptors (Lipinski definition) is 4. The lowest BCUT2D eigenvalue weighted by Gasteiger charge is -2.10. The molecule has 0 aliphatic heterocycles. The Labute approximate surface area is 164 Å². The molecule has 0 saturated carbocycles. The third kappa shape index (κ3) is 4.76. The van der Waals surface area contributed by atoms with Gasteiger partial charge in [-0.05, 0) is 54.0 Å². The van der Waals surface area contributed by atoms with Crippen LogP contribution in [0.4, 0.5) is 5.69 Å². The molecule has 0 aliphatic carbocycles. The molecule has 0 fully saturated rings. The van der Waals surface area contributed by atoms with Gasteiger partial charge in [-0.1, -0.05) is 18.2 Å². The van der Waals surface area contributed by atoms with Crippen molar-refractivity contribution in [3.63, 3.8) is 0 Å². The molecular weight excluding hydrogens is 352 g/mol. The van der Waals surface area contributed by atoms with E-state index in [0.717, 1.165) is 27.9 Å². The van der Waals surface area contributed by atoms with Crippen molar-refractivity contribution in [3.05, 3.63) is 78.1 Å². The minimum absolute atomic E-state index is 0.215. The van der Waals surface area contributed by atoms with Crippen LogP contribution in [0.1, 0.15) is 11.1 Å². The Hall–Kier alpha value is -3.60. The Bertz CT molecular complexity index is 976. The van der Waals surface area contributed by atoms with Gasteiger partial charge in [0.25, 0.3) is 0 Å². The lowest BCUT2D eigenvalue weighted by molar-refractivity contribution is -0.111. The van der Waals surface area contributed by atoms with Crippen molar-refractivity contribution in [1.82, 2.24) is 4.98 Å².